The van der Waals surface area contributed by atoms with Gasteiger partial charge in [-0.2, -0.15) is 0 Å². The number of hydrogen-bond acceptors (Lipinski definition) is 4. The van der Waals surface area contributed by atoms with E-state index in [0.29, 0.717) is 13.2 Å². The second-order valence-electron chi connectivity index (χ2n) is 3.95. The van der Waals surface area contributed by atoms with Crippen LogP contribution in [0.2, 0.25) is 0 Å². The fourth-order valence-electron chi connectivity index (χ4n) is 1.28. The van der Waals surface area contributed by atoms with E-state index in [0.717, 1.165) is 5.75 Å². The van der Waals surface area contributed by atoms with Gasteiger partial charge in [0.15, 0.2) is 0 Å². The van der Waals surface area contributed by atoms with Gasteiger partial charge in [0.05, 0.1) is 19.0 Å². The second kappa shape index (κ2) is 6.97. The second-order valence-corrected chi connectivity index (χ2v) is 6.85. The average molecular weight is 293 g/mol. The molecule has 1 aromatic carbocycles. The highest BCUT2D eigenvalue weighted by molar-refractivity contribution is 8.13. The van der Waals surface area contributed by atoms with Crippen molar-refractivity contribution in [3.05, 3.63) is 29.3 Å². The van der Waals surface area contributed by atoms with Crippen molar-refractivity contribution in [1.29, 1.82) is 0 Å². The van der Waals surface area contributed by atoms with Crippen LogP contribution in [0.25, 0.3) is 0 Å². The molecule has 102 valence electrons. The first-order valence-corrected chi connectivity index (χ1v) is 8.06. The minimum absolute atomic E-state index is 0.0854. The van der Waals surface area contributed by atoms with E-state index in [1.807, 2.05) is 32.0 Å². The maximum Gasteiger partial charge on any atom is 0.234 e. The quantitative estimate of drug-likeness (QED) is 0.571. The fraction of sp³-hybridized carbons (Fsp3) is 0.500. The molecule has 0 aliphatic heterocycles. The average Bonchev–Trinajstić information content (AvgIpc) is 2.26. The number of benzene rings is 1. The molecule has 0 saturated heterocycles. The van der Waals surface area contributed by atoms with Crippen LogP contribution in [0.15, 0.2) is 18.2 Å². The highest BCUT2D eigenvalue weighted by Crippen LogP contribution is 2.16. The Labute approximate surface area is 112 Å². The lowest BCUT2D eigenvalue weighted by Crippen LogP contribution is -2.12. The van der Waals surface area contributed by atoms with Crippen molar-refractivity contribution in [3.8, 4) is 5.75 Å². The molecule has 0 aliphatic carbocycles. The van der Waals surface area contributed by atoms with Gasteiger partial charge in [-0.05, 0) is 37.1 Å². The summed E-state index contributed by atoms with van der Waals surface area (Å²) in [6, 6.07) is 5.84. The highest BCUT2D eigenvalue weighted by atomic mass is 35.7. The maximum absolute atomic E-state index is 10.6. The van der Waals surface area contributed by atoms with Crippen LogP contribution in [0, 0.1) is 13.8 Å². The predicted octanol–water partition coefficient (Wildman–Crippen LogP) is 2.27. The lowest BCUT2D eigenvalue weighted by molar-refractivity contribution is 0.111. The van der Waals surface area contributed by atoms with Gasteiger partial charge in [-0.3, -0.25) is 0 Å². The Kier molecular flexibility index (Phi) is 5.91. The molecule has 1 rings (SSSR count). The van der Waals surface area contributed by atoms with Crippen LogP contribution in [0.5, 0.6) is 5.75 Å². The molecule has 0 fully saturated rings. The van der Waals surface area contributed by atoms with Gasteiger partial charge >= 0.3 is 0 Å². The standard InChI is InChI=1S/C12H17ClO4S/c1-10-3-4-12(9-11(10)2)17-6-5-16-7-8-18(13,14)15/h3-4,9H,5-8H2,1-2H3. The topological polar surface area (TPSA) is 52.6 Å². The molecule has 0 amide bonds. The summed E-state index contributed by atoms with van der Waals surface area (Å²) in [7, 11) is 1.57. The Hall–Kier alpha value is -0.780. The first-order valence-electron chi connectivity index (χ1n) is 5.58. The molecule has 0 N–H and O–H groups in total. The number of halogens is 1. The van der Waals surface area contributed by atoms with Gasteiger partial charge in [0.2, 0.25) is 9.05 Å². The number of rotatable bonds is 7. The molecular weight excluding hydrogens is 276 g/mol. The monoisotopic (exact) mass is 292 g/mol. The molecule has 0 aliphatic rings. The Bertz CT molecular complexity index is 485. The van der Waals surface area contributed by atoms with Crippen molar-refractivity contribution in [2.45, 2.75) is 13.8 Å². The summed E-state index contributed by atoms with van der Waals surface area (Å²) in [4.78, 5) is 0. The van der Waals surface area contributed by atoms with Crippen molar-refractivity contribution in [2.75, 3.05) is 25.6 Å². The first kappa shape index (κ1) is 15.3. The molecule has 0 spiro atoms. The summed E-state index contributed by atoms with van der Waals surface area (Å²) < 4.78 is 31.8. The SMILES string of the molecule is Cc1ccc(OCCOCCS(=O)(=O)Cl)cc1C. The molecule has 0 heterocycles. The van der Waals surface area contributed by atoms with Crippen molar-refractivity contribution in [1.82, 2.24) is 0 Å². The summed E-state index contributed by atoms with van der Waals surface area (Å²) in [5.74, 6) is 0.602. The summed E-state index contributed by atoms with van der Waals surface area (Å²) in [5, 5.41) is 0. The summed E-state index contributed by atoms with van der Waals surface area (Å²) in [6.07, 6.45) is 0. The Morgan fingerprint density at radius 3 is 2.44 bits per heavy atom. The largest absolute Gasteiger partial charge is 0.491 e. The van der Waals surface area contributed by atoms with Crippen LogP contribution in [0.1, 0.15) is 11.1 Å². The van der Waals surface area contributed by atoms with Gasteiger partial charge in [-0.1, -0.05) is 6.07 Å². The third kappa shape index (κ3) is 6.23. The predicted molar refractivity (Wildman–Crippen MR) is 71.9 cm³/mol. The van der Waals surface area contributed by atoms with Crippen molar-refractivity contribution in [2.24, 2.45) is 0 Å². The molecule has 1 aromatic rings. The molecular formula is C12H17ClO4S. The summed E-state index contributed by atoms with van der Waals surface area (Å²) >= 11 is 0. The molecule has 0 radical (unpaired) electrons. The van der Waals surface area contributed by atoms with Crippen LogP contribution < -0.4 is 4.74 Å². The third-order valence-electron chi connectivity index (χ3n) is 2.45. The van der Waals surface area contributed by atoms with E-state index in [9.17, 15) is 8.42 Å². The molecule has 18 heavy (non-hydrogen) atoms. The zero-order valence-electron chi connectivity index (χ0n) is 10.5. The summed E-state index contributed by atoms with van der Waals surface area (Å²) in [6.45, 7) is 4.85. The van der Waals surface area contributed by atoms with E-state index in [-0.39, 0.29) is 12.4 Å². The van der Waals surface area contributed by atoms with Gasteiger partial charge in [-0.25, -0.2) is 8.42 Å². The molecule has 0 aromatic heterocycles. The Morgan fingerprint density at radius 1 is 1.11 bits per heavy atom. The number of aryl methyl sites for hydroxylation is 2. The Balaban J connectivity index is 2.20. The van der Waals surface area contributed by atoms with Crippen molar-refractivity contribution >= 4 is 19.7 Å². The normalized spacial score (nSPS) is 11.5. The summed E-state index contributed by atoms with van der Waals surface area (Å²) in [5.41, 5.74) is 2.38. The minimum atomic E-state index is -3.47. The van der Waals surface area contributed by atoms with Gasteiger partial charge in [-0.15, -0.1) is 0 Å². The molecule has 4 nitrogen and oxygen atoms in total. The molecule has 0 bridgehead atoms. The van der Waals surface area contributed by atoms with E-state index in [4.69, 9.17) is 20.2 Å². The van der Waals surface area contributed by atoms with Crippen LogP contribution in [0.3, 0.4) is 0 Å². The lowest BCUT2D eigenvalue weighted by atomic mass is 10.1. The molecule has 0 saturated carbocycles. The molecule has 6 heteroatoms. The van der Waals surface area contributed by atoms with Gasteiger partial charge in [0.25, 0.3) is 0 Å². The molecule has 0 unspecified atom stereocenters. The number of hydrogen-bond donors (Lipinski definition) is 0. The number of ether oxygens (including phenoxy) is 2. The minimum Gasteiger partial charge on any atom is -0.491 e. The fourth-order valence-corrected chi connectivity index (χ4v) is 1.79. The smallest absolute Gasteiger partial charge is 0.234 e. The van der Waals surface area contributed by atoms with E-state index < -0.39 is 9.05 Å². The van der Waals surface area contributed by atoms with Crippen LogP contribution >= 0.6 is 10.7 Å². The van der Waals surface area contributed by atoms with E-state index in [1.54, 1.807) is 0 Å². The first-order chi connectivity index (χ1) is 8.38. The van der Waals surface area contributed by atoms with Gasteiger partial charge < -0.3 is 9.47 Å². The zero-order valence-corrected chi connectivity index (χ0v) is 12.1. The van der Waals surface area contributed by atoms with Crippen LogP contribution in [0.4, 0.5) is 0 Å². The van der Waals surface area contributed by atoms with E-state index >= 15 is 0 Å². The van der Waals surface area contributed by atoms with Gasteiger partial charge in [0.1, 0.15) is 12.4 Å². The van der Waals surface area contributed by atoms with Crippen molar-refractivity contribution in [3.63, 3.8) is 0 Å². The van der Waals surface area contributed by atoms with Gasteiger partial charge in [0, 0.05) is 10.7 Å². The van der Waals surface area contributed by atoms with Crippen molar-refractivity contribution < 1.29 is 17.9 Å². The maximum atomic E-state index is 10.6. The third-order valence-corrected chi connectivity index (χ3v) is 3.56. The molecule has 0 atom stereocenters. The van der Waals surface area contributed by atoms with Crippen LogP contribution in [-0.4, -0.2) is 34.0 Å². The Morgan fingerprint density at radius 2 is 1.83 bits per heavy atom. The zero-order chi connectivity index (χ0) is 13.6. The lowest BCUT2D eigenvalue weighted by Gasteiger charge is -2.08. The van der Waals surface area contributed by atoms with E-state index in [1.165, 1.54) is 11.1 Å². The van der Waals surface area contributed by atoms with E-state index in [2.05, 4.69) is 0 Å². The van der Waals surface area contributed by atoms with Crippen LogP contribution in [-0.2, 0) is 13.8 Å². The highest BCUT2D eigenvalue weighted by Gasteiger charge is 2.04.